The quantitative estimate of drug-likeness (QED) is 0.594. The maximum absolute atomic E-state index is 14.2. The number of hydrogen-bond acceptors (Lipinski definition) is 5. The fourth-order valence-electron chi connectivity index (χ4n) is 3.90. The van der Waals surface area contributed by atoms with Crippen LogP contribution in [0.25, 0.3) is 5.70 Å². The standard InChI is InChI=1S/C23H20Cl2F3N3O4/c1-3-31-21(33)19(11-34-31)29-20(32)17-5-4-13(6-12(17)2)18-10-22(35-30-18,23(26,27)28)14-7-15(24)9-16(25)8-14/h4-10,19,30H,3,11H2,1-2H3,(H,29,32). The van der Waals surface area contributed by atoms with Crippen molar-refractivity contribution in [2.24, 2.45) is 0 Å². The predicted octanol–water partition coefficient (Wildman–Crippen LogP) is 4.53. The molecule has 1 saturated heterocycles. The molecule has 0 bridgehead atoms. The number of rotatable bonds is 5. The first-order valence-electron chi connectivity index (χ1n) is 10.5. The summed E-state index contributed by atoms with van der Waals surface area (Å²) in [6, 6.07) is 7.26. The molecule has 7 nitrogen and oxygen atoms in total. The maximum atomic E-state index is 14.2. The zero-order valence-electron chi connectivity index (χ0n) is 18.5. The number of aryl methyl sites for hydroxylation is 1. The van der Waals surface area contributed by atoms with E-state index >= 15 is 0 Å². The molecule has 2 aromatic carbocycles. The van der Waals surface area contributed by atoms with Crippen molar-refractivity contribution in [1.82, 2.24) is 15.9 Å². The summed E-state index contributed by atoms with van der Waals surface area (Å²) in [5, 5.41) is 3.84. The van der Waals surface area contributed by atoms with Gasteiger partial charge in [0.2, 0.25) is 5.60 Å². The average Bonchev–Trinajstić information content (AvgIpc) is 3.38. The van der Waals surface area contributed by atoms with Gasteiger partial charge in [0.1, 0.15) is 12.6 Å². The third-order valence-corrected chi connectivity index (χ3v) is 6.13. The van der Waals surface area contributed by atoms with Crippen molar-refractivity contribution < 1.29 is 32.4 Å². The Labute approximate surface area is 208 Å². The van der Waals surface area contributed by atoms with E-state index in [0.717, 1.165) is 18.2 Å². The molecule has 35 heavy (non-hydrogen) atoms. The minimum atomic E-state index is -4.84. The molecular weight excluding hydrogens is 510 g/mol. The van der Waals surface area contributed by atoms with Gasteiger partial charge in [-0.25, -0.2) is 5.06 Å². The van der Waals surface area contributed by atoms with Crippen LogP contribution in [0.4, 0.5) is 13.2 Å². The lowest BCUT2D eigenvalue weighted by Crippen LogP contribution is -2.42. The van der Waals surface area contributed by atoms with E-state index in [2.05, 4.69) is 10.8 Å². The summed E-state index contributed by atoms with van der Waals surface area (Å²) in [4.78, 5) is 35.2. The van der Waals surface area contributed by atoms with Crippen molar-refractivity contribution in [2.45, 2.75) is 31.7 Å². The molecule has 186 valence electrons. The number of nitrogens with zero attached hydrogens (tertiary/aromatic N) is 1. The van der Waals surface area contributed by atoms with Crippen LogP contribution in [0.15, 0.2) is 42.5 Å². The van der Waals surface area contributed by atoms with Crippen LogP contribution in [0.3, 0.4) is 0 Å². The van der Waals surface area contributed by atoms with Gasteiger partial charge in [-0.15, -0.1) is 0 Å². The van der Waals surface area contributed by atoms with Gasteiger partial charge in [-0.2, -0.15) is 13.2 Å². The van der Waals surface area contributed by atoms with Gasteiger partial charge in [-0.3, -0.25) is 24.7 Å². The van der Waals surface area contributed by atoms with Gasteiger partial charge < -0.3 is 5.32 Å². The summed E-state index contributed by atoms with van der Waals surface area (Å²) in [6.07, 6.45) is -3.94. The Kier molecular flexibility index (Phi) is 6.76. The normalized spacial score (nSPS) is 22.3. The van der Waals surface area contributed by atoms with Crippen LogP contribution < -0.4 is 10.8 Å². The zero-order chi connectivity index (χ0) is 25.5. The van der Waals surface area contributed by atoms with Crippen molar-refractivity contribution in [2.75, 3.05) is 13.2 Å². The monoisotopic (exact) mass is 529 g/mol. The number of hydrogen-bond donors (Lipinski definition) is 2. The second kappa shape index (κ2) is 9.34. The van der Waals surface area contributed by atoms with E-state index in [1.807, 2.05) is 0 Å². The van der Waals surface area contributed by atoms with E-state index in [9.17, 15) is 22.8 Å². The van der Waals surface area contributed by atoms with Crippen molar-refractivity contribution in [3.8, 4) is 0 Å². The fourth-order valence-corrected chi connectivity index (χ4v) is 4.43. The third-order valence-electron chi connectivity index (χ3n) is 5.70. The number of halogens is 5. The van der Waals surface area contributed by atoms with Crippen LogP contribution in [-0.4, -0.2) is 42.2 Å². The van der Waals surface area contributed by atoms with Gasteiger partial charge in [-0.05, 0) is 61.4 Å². The summed E-state index contributed by atoms with van der Waals surface area (Å²) in [5.41, 5.74) is 0.385. The molecule has 0 radical (unpaired) electrons. The highest BCUT2D eigenvalue weighted by molar-refractivity contribution is 6.34. The molecule has 2 amide bonds. The molecule has 4 rings (SSSR count). The average molecular weight is 530 g/mol. The van der Waals surface area contributed by atoms with Crippen LogP contribution in [-0.2, 0) is 20.1 Å². The molecule has 2 atom stereocenters. The number of alkyl halides is 3. The highest BCUT2D eigenvalue weighted by atomic mass is 35.5. The first-order valence-corrected chi connectivity index (χ1v) is 11.3. The van der Waals surface area contributed by atoms with Crippen LogP contribution in [0.5, 0.6) is 0 Å². The number of benzene rings is 2. The molecular formula is C23H20Cl2F3N3O4. The van der Waals surface area contributed by atoms with Gasteiger partial charge >= 0.3 is 6.18 Å². The van der Waals surface area contributed by atoms with Gasteiger partial charge in [-0.1, -0.05) is 29.3 Å². The number of amides is 2. The number of likely N-dealkylation sites (N-methyl/N-ethyl adjacent to an activating group) is 1. The molecule has 0 saturated carbocycles. The molecule has 12 heteroatoms. The van der Waals surface area contributed by atoms with Crippen LogP contribution in [0.2, 0.25) is 10.0 Å². The fraction of sp³-hybridized carbons (Fsp3) is 0.304. The Hall–Kier alpha value is -2.79. The Morgan fingerprint density at radius 2 is 1.91 bits per heavy atom. The van der Waals surface area contributed by atoms with Crippen molar-refractivity contribution >= 4 is 40.7 Å². The molecule has 2 heterocycles. The van der Waals surface area contributed by atoms with E-state index in [1.54, 1.807) is 19.9 Å². The van der Waals surface area contributed by atoms with Crippen molar-refractivity contribution in [1.29, 1.82) is 0 Å². The molecule has 2 aliphatic rings. The Morgan fingerprint density at radius 3 is 2.49 bits per heavy atom. The summed E-state index contributed by atoms with van der Waals surface area (Å²) >= 11 is 11.9. The molecule has 2 aliphatic heterocycles. The summed E-state index contributed by atoms with van der Waals surface area (Å²) < 4.78 is 42.6. The molecule has 0 aromatic heterocycles. The lowest BCUT2D eigenvalue weighted by Gasteiger charge is -2.28. The van der Waals surface area contributed by atoms with E-state index in [4.69, 9.17) is 32.9 Å². The summed E-state index contributed by atoms with van der Waals surface area (Å²) in [6.45, 7) is 3.75. The first kappa shape index (κ1) is 25.3. The maximum Gasteiger partial charge on any atom is 0.428 e. The Bertz CT molecular complexity index is 1200. The van der Waals surface area contributed by atoms with E-state index in [1.165, 1.54) is 23.3 Å². The van der Waals surface area contributed by atoms with Crippen LogP contribution in [0, 0.1) is 6.92 Å². The van der Waals surface area contributed by atoms with E-state index < -0.39 is 23.7 Å². The van der Waals surface area contributed by atoms with Crippen molar-refractivity contribution in [3.63, 3.8) is 0 Å². The predicted molar refractivity (Wildman–Crippen MR) is 122 cm³/mol. The van der Waals surface area contributed by atoms with Gasteiger partial charge in [0.25, 0.3) is 11.8 Å². The Morgan fingerprint density at radius 1 is 1.23 bits per heavy atom. The van der Waals surface area contributed by atoms with Crippen molar-refractivity contribution in [3.05, 3.63) is 74.8 Å². The highest BCUT2D eigenvalue weighted by Crippen LogP contribution is 2.48. The number of nitrogens with one attached hydrogen (secondary N) is 2. The molecule has 0 aliphatic carbocycles. The van der Waals surface area contributed by atoms with E-state index in [0.29, 0.717) is 17.7 Å². The summed E-state index contributed by atoms with van der Waals surface area (Å²) in [5.74, 6) is -0.853. The SMILES string of the molecule is CCN1OCC(NC(=O)c2ccc(C3=CC(c4cc(Cl)cc(Cl)c4)(C(F)(F)F)ON3)cc2C)C1=O. The molecule has 0 spiro atoms. The second-order valence-corrected chi connectivity index (χ2v) is 8.91. The highest BCUT2D eigenvalue weighted by Gasteiger charge is 2.59. The van der Waals surface area contributed by atoms with Crippen LogP contribution in [0.1, 0.15) is 34.0 Å². The number of carbonyl (C=O) groups excluding carboxylic acids is 2. The van der Waals surface area contributed by atoms with Gasteiger partial charge in [0, 0.05) is 27.7 Å². The van der Waals surface area contributed by atoms with Crippen LogP contribution >= 0.6 is 23.2 Å². The Balaban J connectivity index is 1.61. The largest absolute Gasteiger partial charge is 0.428 e. The third kappa shape index (κ3) is 4.71. The number of carbonyl (C=O) groups is 2. The van der Waals surface area contributed by atoms with E-state index in [-0.39, 0.29) is 39.4 Å². The van der Waals surface area contributed by atoms with Gasteiger partial charge in [0.15, 0.2) is 0 Å². The molecule has 2 aromatic rings. The zero-order valence-corrected chi connectivity index (χ0v) is 20.0. The minimum Gasteiger partial charge on any atom is -0.338 e. The lowest BCUT2D eigenvalue weighted by molar-refractivity contribution is -0.269. The van der Waals surface area contributed by atoms with Gasteiger partial charge in [0.05, 0.1) is 5.70 Å². The first-order chi connectivity index (χ1) is 16.4. The topological polar surface area (TPSA) is 79.9 Å². The molecule has 1 fully saturated rings. The smallest absolute Gasteiger partial charge is 0.338 e. The minimum absolute atomic E-state index is 0.0245. The molecule has 2 unspecified atom stereocenters. The summed E-state index contributed by atoms with van der Waals surface area (Å²) in [7, 11) is 0. The molecule has 2 N–H and O–H groups in total. The lowest BCUT2D eigenvalue weighted by atomic mass is 9.91. The number of hydroxylamine groups is 3. The second-order valence-electron chi connectivity index (χ2n) is 8.04.